The molecule has 0 aliphatic rings. The molecule has 0 bridgehead atoms. The molecule has 0 spiro atoms. The Morgan fingerprint density at radius 3 is 2.45 bits per heavy atom. The van der Waals surface area contributed by atoms with Gasteiger partial charge in [-0.05, 0) is 20.3 Å². The first-order valence-corrected chi connectivity index (χ1v) is 4.04. The number of rotatable bonds is 4. The molecule has 0 saturated carbocycles. The van der Waals surface area contributed by atoms with E-state index in [0.29, 0.717) is 0 Å². The lowest BCUT2D eigenvalue weighted by molar-refractivity contribution is 0.0453. The number of hydrogen-bond donors (Lipinski definition) is 1. The fourth-order valence-corrected chi connectivity index (χ4v) is 0.686. The summed E-state index contributed by atoms with van der Waals surface area (Å²) in [5.74, 6) is 0. The molecule has 0 aromatic rings. The molecule has 2 atom stereocenters. The molecule has 0 aliphatic heterocycles. The Hall–Kier alpha value is -0.340. The summed E-state index contributed by atoms with van der Waals surface area (Å²) in [5, 5.41) is 0. The van der Waals surface area contributed by atoms with Crippen LogP contribution in [-0.4, -0.2) is 18.8 Å². The number of nitrogens with two attached hydrogens (primary N) is 1. The van der Waals surface area contributed by atoms with Crippen LogP contribution >= 0.6 is 0 Å². The lowest BCUT2D eigenvalue weighted by atomic mass is 10.0. The van der Waals surface area contributed by atoms with Gasteiger partial charge in [0.05, 0.1) is 5.60 Å². The number of methoxy groups -OCH3 is 1. The summed E-state index contributed by atoms with van der Waals surface area (Å²) in [6.07, 6.45) is 4.96. The Balaban J connectivity index is 4.06. The molecule has 11 heavy (non-hydrogen) atoms. The van der Waals surface area contributed by atoms with E-state index in [0.717, 1.165) is 6.42 Å². The van der Waals surface area contributed by atoms with Crippen LogP contribution in [0.3, 0.4) is 0 Å². The van der Waals surface area contributed by atoms with Gasteiger partial charge in [-0.25, -0.2) is 0 Å². The van der Waals surface area contributed by atoms with Gasteiger partial charge in [-0.3, -0.25) is 0 Å². The van der Waals surface area contributed by atoms with E-state index in [-0.39, 0.29) is 11.6 Å². The van der Waals surface area contributed by atoms with Gasteiger partial charge in [0.1, 0.15) is 0 Å². The van der Waals surface area contributed by atoms with Gasteiger partial charge >= 0.3 is 0 Å². The number of ether oxygens (including phenoxy) is 1. The van der Waals surface area contributed by atoms with Gasteiger partial charge in [0.25, 0.3) is 0 Å². The Morgan fingerprint density at radius 1 is 1.64 bits per heavy atom. The molecule has 0 radical (unpaired) electrons. The van der Waals surface area contributed by atoms with Crippen LogP contribution < -0.4 is 5.73 Å². The summed E-state index contributed by atoms with van der Waals surface area (Å²) < 4.78 is 5.30. The Morgan fingerprint density at radius 2 is 2.18 bits per heavy atom. The maximum atomic E-state index is 5.57. The number of hydrogen-bond acceptors (Lipinski definition) is 2. The smallest absolute Gasteiger partial charge is 0.0828 e. The zero-order valence-electron chi connectivity index (χ0n) is 7.92. The van der Waals surface area contributed by atoms with Crippen molar-refractivity contribution in [3.63, 3.8) is 0 Å². The van der Waals surface area contributed by atoms with Gasteiger partial charge in [-0.1, -0.05) is 19.1 Å². The van der Waals surface area contributed by atoms with E-state index in [1.54, 1.807) is 7.11 Å². The van der Waals surface area contributed by atoms with Crippen LogP contribution in [0.1, 0.15) is 27.2 Å². The predicted molar refractivity (Wildman–Crippen MR) is 48.5 cm³/mol. The van der Waals surface area contributed by atoms with Crippen molar-refractivity contribution in [2.45, 2.75) is 38.8 Å². The summed E-state index contributed by atoms with van der Waals surface area (Å²) in [7, 11) is 1.72. The second-order valence-corrected chi connectivity index (χ2v) is 3.09. The van der Waals surface area contributed by atoms with Crippen molar-refractivity contribution in [3.8, 4) is 0 Å². The quantitative estimate of drug-likeness (QED) is 0.630. The molecule has 0 amide bonds. The zero-order chi connectivity index (χ0) is 8.91. The first-order valence-electron chi connectivity index (χ1n) is 4.04. The van der Waals surface area contributed by atoms with Gasteiger partial charge in [-0.15, -0.1) is 0 Å². The van der Waals surface area contributed by atoms with E-state index >= 15 is 0 Å². The van der Waals surface area contributed by atoms with Crippen molar-refractivity contribution in [3.05, 3.63) is 12.2 Å². The summed E-state index contributed by atoms with van der Waals surface area (Å²) in [6, 6.07) is 0.107. The highest BCUT2D eigenvalue weighted by atomic mass is 16.5. The fourth-order valence-electron chi connectivity index (χ4n) is 0.686. The van der Waals surface area contributed by atoms with Gasteiger partial charge in [0.2, 0.25) is 0 Å². The maximum absolute atomic E-state index is 5.57. The van der Waals surface area contributed by atoms with Gasteiger partial charge < -0.3 is 10.5 Å². The van der Waals surface area contributed by atoms with Crippen molar-refractivity contribution in [1.82, 2.24) is 0 Å². The van der Waals surface area contributed by atoms with Crippen molar-refractivity contribution in [1.29, 1.82) is 0 Å². The minimum Gasteiger partial charge on any atom is -0.374 e. The molecule has 2 nitrogen and oxygen atoms in total. The van der Waals surface area contributed by atoms with E-state index in [2.05, 4.69) is 6.92 Å². The van der Waals surface area contributed by atoms with Gasteiger partial charge in [0.15, 0.2) is 0 Å². The summed E-state index contributed by atoms with van der Waals surface area (Å²) in [6.45, 7) is 6.09. The highest BCUT2D eigenvalue weighted by Gasteiger charge is 2.15. The molecule has 2 unspecified atom stereocenters. The van der Waals surface area contributed by atoms with E-state index in [4.69, 9.17) is 10.5 Å². The predicted octanol–water partition coefficient (Wildman–Crippen LogP) is 1.70. The van der Waals surface area contributed by atoms with Crippen LogP contribution in [-0.2, 0) is 4.74 Å². The standard InChI is InChI=1S/C9H19NO/c1-5-9(3,11-4)7-6-8(2)10/h6-8H,5,10H2,1-4H3/b7-6+. The van der Waals surface area contributed by atoms with Gasteiger partial charge in [0, 0.05) is 13.2 Å². The molecule has 2 heteroatoms. The molecular weight excluding hydrogens is 138 g/mol. The monoisotopic (exact) mass is 157 g/mol. The third-order valence-corrected chi connectivity index (χ3v) is 1.92. The first-order chi connectivity index (χ1) is 5.04. The average molecular weight is 157 g/mol. The summed E-state index contributed by atoms with van der Waals surface area (Å²) >= 11 is 0. The second-order valence-electron chi connectivity index (χ2n) is 3.09. The minimum atomic E-state index is -0.145. The lowest BCUT2D eigenvalue weighted by Gasteiger charge is -2.22. The van der Waals surface area contributed by atoms with Crippen molar-refractivity contribution >= 4 is 0 Å². The normalized spacial score (nSPS) is 20.1. The molecule has 0 heterocycles. The van der Waals surface area contributed by atoms with Crippen LogP contribution in [0.15, 0.2) is 12.2 Å². The second kappa shape index (κ2) is 4.52. The van der Waals surface area contributed by atoms with Crippen LogP contribution in [0, 0.1) is 0 Å². The Bertz CT molecular complexity index is 126. The third kappa shape index (κ3) is 4.17. The topological polar surface area (TPSA) is 35.2 Å². The molecule has 0 rings (SSSR count). The van der Waals surface area contributed by atoms with Crippen LogP contribution in [0.25, 0.3) is 0 Å². The van der Waals surface area contributed by atoms with Gasteiger partial charge in [-0.2, -0.15) is 0 Å². The van der Waals surface area contributed by atoms with E-state index in [1.807, 2.05) is 26.0 Å². The summed E-state index contributed by atoms with van der Waals surface area (Å²) in [4.78, 5) is 0. The molecule has 0 saturated heterocycles. The Labute approximate surface area is 69.4 Å². The van der Waals surface area contributed by atoms with E-state index in [1.165, 1.54) is 0 Å². The minimum absolute atomic E-state index is 0.107. The average Bonchev–Trinajstić information content (AvgIpc) is 2.00. The third-order valence-electron chi connectivity index (χ3n) is 1.92. The fraction of sp³-hybridized carbons (Fsp3) is 0.778. The lowest BCUT2D eigenvalue weighted by Crippen LogP contribution is -2.24. The van der Waals surface area contributed by atoms with Crippen LogP contribution in [0.2, 0.25) is 0 Å². The maximum Gasteiger partial charge on any atom is 0.0828 e. The van der Waals surface area contributed by atoms with Crippen molar-refractivity contribution < 1.29 is 4.74 Å². The first kappa shape index (κ1) is 10.7. The molecule has 0 aromatic carbocycles. The zero-order valence-corrected chi connectivity index (χ0v) is 7.92. The SMILES string of the molecule is CCC(C)(/C=C/C(C)N)OC. The van der Waals surface area contributed by atoms with Crippen LogP contribution in [0.5, 0.6) is 0 Å². The highest BCUT2D eigenvalue weighted by Crippen LogP contribution is 2.15. The van der Waals surface area contributed by atoms with Crippen molar-refractivity contribution in [2.75, 3.05) is 7.11 Å². The van der Waals surface area contributed by atoms with Crippen molar-refractivity contribution in [2.24, 2.45) is 5.73 Å². The largest absolute Gasteiger partial charge is 0.374 e. The molecular formula is C9H19NO. The molecule has 66 valence electrons. The molecule has 2 N–H and O–H groups in total. The summed E-state index contributed by atoms with van der Waals surface area (Å²) in [5.41, 5.74) is 5.42. The Kier molecular flexibility index (Phi) is 4.38. The van der Waals surface area contributed by atoms with E-state index in [9.17, 15) is 0 Å². The molecule has 0 fully saturated rings. The van der Waals surface area contributed by atoms with Crippen LogP contribution in [0.4, 0.5) is 0 Å². The highest BCUT2D eigenvalue weighted by molar-refractivity contribution is 5.01. The molecule has 0 aromatic heterocycles. The molecule has 0 aliphatic carbocycles. The van der Waals surface area contributed by atoms with E-state index < -0.39 is 0 Å².